The highest BCUT2D eigenvalue weighted by Crippen LogP contribution is 2.27. The highest BCUT2D eigenvalue weighted by atomic mass is 32.2. The summed E-state index contributed by atoms with van der Waals surface area (Å²) in [4.78, 5) is 25.2. The zero-order valence-corrected chi connectivity index (χ0v) is 15.1. The van der Waals surface area contributed by atoms with Gasteiger partial charge in [0, 0.05) is 37.9 Å². The third kappa shape index (κ3) is 3.62. The van der Waals surface area contributed by atoms with Crippen LogP contribution in [-0.4, -0.2) is 61.8 Å². The Morgan fingerprint density at radius 1 is 1.20 bits per heavy atom. The van der Waals surface area contributed by atoms with Gasteiger partial charge in [0.15, 0.2) is 0 Å². The summed E-state index contributed by atoms with van der Waals surface area (Å²) in [6.07, 6.45) is 0.196. The Bertz CT molecular complexity index is 798. The lowest BCUT2D eigenvalue weighted by Crippen LogP contribution is -2.53. The minimum Gasteiger partial charge on any atom is -0.336 e. The van der Waals surface area contributed by atoms with Crippen molar-refractivity contribution in [3.8, 4) is 0 Å². The number of hydrogen-bond donors (Lipinski definition) is 2. The molecule has 0 atom stereocenters. The topological polar surface area (TPSA) is 98.8 Å². The van der Waals surface area contributed by atoms with Gasteiger partial charge in [0.25, 0.3) is 0 Å². The Labute approximate surface area is 147 Å². The van der Waals surface area contributed by atoms with E-state index >= 15 is 0 Å². The lowest BCUT2D eigenvalue weighted by molar-refractivity contribution is -0.115. The summed E-state index contributed by atoms with van der Waals surface area (Å²) >= 11 is 0. The third-order valence-corrected chi connectivity index (χ3v) is 6.17. The second-order valence-corrected chi connectivity index (χ2v) is 8.48. The molecule has 1 saturated heterocycles. The maximum atomic E-state index is 12.8. The Hall–Kier alpha value is -2.13. The average Bonchev–Trinajstić information content (AvgIpc) is 2.93. The first-order chi connectivity index (χ1) is 11.8. The summed E-state index contributed by atoms with van der Waals surface area (Å²) < 4.78 is 27.0. The summed E-state index contributed by atoms with van der Waals surface area (Å²) in [5.74, 6) is -0.130. The van der Waals surface area contributed by atoms with Crippen LogP contribution in [0.4, 0.5) is 10.5 Å². The van der Waals surface area contributed by atoms with Crippen LogP contribution in [-0.2, 0) is 21.2 Å². The Balaban J connectivity index is 1.69. The summed E-state index contributed by atoms with van der Waals surface area (Å²) in [5.41, 5.74) is 1.36. The number of nitrogens with one attached hydrogen (secondary N) is 2. The van der Waals surface area contributed by atoms with E-state index in [1.807, 2.05) is 13.8 Å². The van der Waals surface area contributed by atoms with E-state index in [4.69, 9.17) is 0 Å². The number of rotatable bonds is 3. The molecule has 0 saturated carbocycles. The number of carbonyl (C=O) groups is 2. The molecule has 0 aliphatic carbocycles. The molecule has 2 heterocycles. The summed E-state index contributed by atoms with van der Waals surface area (Å²) in [7, 11) is -3.64. The van der Waals surface area contributed by atoms with Crippen molar-refractivity contribution in [3.63, 3.8) is 0 Å². The molecule has 25 heavy (non-hydrogen) atoms. The number of benzene rings is 1. The van der Waals surface area contributed by atoms with Gasteiger partial charge in [-0.2, -0.15) is 4.31 Å². The molecule has 1 fully saturated rings. The molecule has 2 aliphatic rings. The van der Waals surface area contributed by atoms with Crippen LogP contribution in [0.25, 0.3) is 0 Å². The second-order valence-electron chi connectivity index (χ2n) is 6.54. The lowest BCUT2D eigenvalue weighted by Gasteiger charge is -2.34. The molecule has 2 N–H and O–H groups in total. The van der Waals surface area contributed by atoms with Crippen LogP contribution in [0.5, 0.6) is 0 Å². The Morgan fingerprint density at radius 2 is 1.88 bits per heavy atom. The minimum absolute atomic E-state index is 0.0389. The molecule has 8 nitrogen and oxygen atoms in total. The predicted molar refractivity (Wildman–Crippen MR) is 92.8 cm³/mol. The van der Waals surface area contributed by atoms with Crippen LogP contribution in [0.2, 0.25) is 0 Å². The molecule has 0 bridgehead atoms. The number of amides is 3. The van der Waals surface area contributed by atoms with Gasteiger partial charge in [-0.05, 0) is 37.6 Å². The quantitative estimate of drug-likeness (QED) is 0.819. The predicted octanol–water partition coefficient (Wildman–Crippen LogP) is 0.605. The Kier molecular flexibility index (Phi) is 4.70. The normalized spacial score (nSPS) is 18.2. The first-order valence-corrected chi connectivity index (χ1v) is 9.70. The average molecular weight is 366 g/mol. The molecular weight excluding hydrogens is 344 g/mol. The number of carbonyl (C=O) groups excluding carboxylic acids is 2. The van der Waals surface area contributed by atoms with Crippen LogP contribution in [0.1, 0.15) is 19.4 Å². The molecule has 2 aliphatic heterocycles. The zero-order chi connectivity index (χ0) is 18.2. The number of fused-ring (bicyclic) bond motifs is 1. The fraction of sp³-hybridized carbons (Fsp3) is 0.500. The third-order valence-electron chi connectivity index (χ3n) is 4.28. The van der Waals surface area contributed by atoms with Gasteiger partial charge < -0.3 is 15.5 Å². The number of anilines is 1. The van der Waals surface area contributed by atoms with E-state index in [0.29, 0.717) is 24.3 Å². The smallest absolute Gasteiger partial charge is 0.317 e. The largest absolute Gasteiger partial charge is 0.336 e. The van der Waals surface area contributed by atoms with Crippen LogP contribution in [0.15, 0.2) is 23.1 Å². The molecule has 3 rings (SSSR count). The van der Waals surface area contributed by atoms with E-state index in [1.54, 1.807) is 17.0 Å². The molecule has 0 spiro atoms. The summed E-state index contributed by atoms with van der Waals surface area (Å²) in [6, 6.07) is 4.56. The van der Waals surface area contributed by atoms with E-state index in [0.717, 1.165) is 0 Å². The van der Waals surface area contributed by atoms with Crippen molar-refractivity contribution in [2.45, 2.75) is 31.2 Å². The fourth-order valence-electron chi connectivity index (χ4n) is 2.98. The SMILES string of the molecule is CC(C)NC(=O)N1CCN(S(=O)(=O)c2ccc3c(c2)CC(=O)N3)CC1. The molecule has 0 aromatic heterocycles. The molecule has 0 radical (unpaired) electrons. The number of sulfonamides is 1. The summed E-state index contributed by atoms with van der Waals surface area (Å²) in [5, 5.41) is 5.50. The highest BCUT2D eigenvalue weighted by molar-refractivity contribution is 7.89. The second kappa shape index (κ2) is 6.64. The highest BCUT2D eigenvalue weighted by Gasteiger charge is 2.31. The molecule has 9 heteroatoms. The molecule has 136 valence electrons. The van der Waals surface area contributed by atoms with Crippen molar-refractivity contribution in [3.05, 3.63) is 23.8 Å². The van der Waals surface area contributed by atoms with Gasteiger partial charge in [-0.3, -0.25) is 4.79 Å². The number of hydrogen-bond acceptors (Lipinski definition) is 4. The molecular formula is C16H22N4O4S. The molecule has 1 aromatic carbocycles. The molecule has 1 aromatic rings. The van der Waals surface area contributed by atoms with Crippen molar-refractivity contribution in [2.75, 3.05) is 31.5 Å². The van der Waals surface area contributed by atoms with E-state index in [2.05, 4.69) is 10.6 Å². The van der Waals surface area contributed by atoms with Gasteiger partial charge in [0.2, 0.25) is 15.9 Å². The first kappa shape index (κ1) is 17.7. The van der Waals surface area contributed by atoms with Crippen molar-refractivity contribution in [1.82, 2.24) is 14.5 Å². The van der Waals surface area contributed by atoms with Gasteiger partial charge in [0.05, 0.1) is 11.3 Å². The van der Waals surface area contributed by atoms with Gasteiger partial charge >= 0.3 is 6.03 Å². The molecule has 3 amide bonds. The van der Waals surface area contributed by atoms with E-state index in [9.17, 15) is 18.0 Å². The fourth-order valence-corrected chi connectivity index (χ4v) is 4.46. The minimum atomic E-state index is -3.64. The van der Waals surface area contributed by atoms with Crippen molar-refractivity contribution in [2.24, 2.45) is 0 Å². The summed E-state index contributed by atoms with van der Waals surface area (Å²) in [6.45, 7) is 4.97. The standard InChI is InChI=1S/C16H22N4O4S/c1-11(2)17-16(22)19-5-7-20(8-6-19)25(23,24)13-3-4-14-12(9-13)10-15(21)18-14/h3-4,9,11H,5-8,10H2,1-2H3,(H,17,22)(H,18,21). The molecule has 0 unspecified atom stereocenters. The van der Waals surface area contributed by atoms with Gasteiger partial charge in [-0.1, -0.05) is 0 Å². The van der Waals surface area contributed by atoms with Crippen LogP contribution in [0.3, 0.4) is 0 Å². The zero-order valence-electron chi connectivity index (χ0n) is 14.3. The first-order valence-electron chi connectivity index (χ1n) is 8.26. The van der Waals surface area contributed by atoms with Crippen LogP contribution < -0.4 is 10.6 Å². The van der Waals surface area contributed by atoms with Gasteiger partial charge in [0.1, 0.15) is 0 Å². The van der Waals surface area contributed by atoms with E-state index < -0.39 is 10.0 Å². The maximum absolute atomic E-state index is 12.8. The van der Waals surface area contributed by atoms with E-state index in [1.165, 1.54) is 10.4 Å². The monoisotopic (exact) mass is 366 g/mol. The van der Waals surface area contributed by atoms with Gasteiger partial charge in [-0.15, -0.1) is 0 Å². The van der Waals surface area contributed by atoms with Crippen molar-refractivity contribution < 1.29 is 18.0 Å². The number of nitrogens with zero attached hydrogens (tertiary/aromatic N) is 2. The van der Waals surface area contributed by atoms with Crippen molar-refractivity contribution in [1.29, 1.82) is 0 Å². The van der Waals surface area contributed by atoms with Gasteiger partial charge in [-0.25, -0.2) is 13.2 Å². The Morgan fingerprint density at radius 3 is 2.52 bits per heavy atom. The van der Waals surface area contributed by atoms with Crippen molar-refractivity contribution >= 4 is 27.6 Å². The number of piperazine rings is 1. The van der Waals surface area contributed by atoms with Crippen LogP contribution in [0, 0.1) is 0 Å². The van der Waals surface area contributed by atoms with E-state index in [-0.39, 0.29) is 42.4 Å². The maximum Gasteiger partial charge on any atom is 0.317 e. The number of urea groups is 1. The lowest BCUT2D eigenvalue weighted by atomic mass is 10.2. The van der Waals surface area contributed by atoms with Crippen LogP contribution >= 0.6 is 0 Å².